The molecule has 0 atom stereocenters. The second-order valence-electron chi connectivity index (χ2n) is 6.48. The van der Waals surface area contributed by atoms with E-state index >= 15 is 0 Å². The second-order valence-corrected chi connectivity index (χ2v) is 6.48. The molecule has 0 aliphatic carbocycles. The van der Waals surface area contributed by atoms with Crippen molar-refractivity contribution in [3.63, 3.8) is 0 Å². The van der Waals surface area contributed by atoms with E-state index in [9.17, 15) is 9.59 Å². The summed E-state index contributed by atoms with van der Waals surface area (Å²) in [5.74, 6) is 0.498. The number of aryl methyl sites for hydroxylation is 2. The summed E-state index contributed by atoms with van der Waals surface area (Å²) >= 11 is 0. The Balaban J connectivity index is 1.42. The predicted octanol–water partition coefficient (Wildman–Crippen LogP) is 1.52. The van der Waals surface area contributed by atoms with Gasteiger partial charge in [0.2, 0.25) is 5.91 Å². The van der Waals surface area contributed by atoms with Crippen LogP contribution in [0.15, 0.2) is 36.5 Å². The molecule has 1 fully saturated rings. The first kappa shape index (κ1) is 17.9. The van der Waals surface area contributed by atoms with E-state index < -0.39 is 0 Å². The van der Waals surface area contributed by atoms with Crippen molar-refractivity contribution < 1.29 is 9.59 Å². The van der Waals surface area contributed by atoms with E-state index in [0.29, 0.717) is 38.5 Å². The number of nitrogens with one attached hydrogen (secondary N) is 2. The smallest absolute Gasteiger partial charge is 0.323 e. The van der Waals surface area contributed by atoms with Crippen LogP contribution in [-0.4, -0.2) is 64.2 Å². The van der Waals surface area contributed by atoms with E-state index in [1.54, 1.807) is 28.9 Å². The van der Waals surface area contributed by atoms with Gasteiger partial charge in [-0.3, -0.25) is 19.7 Å². The molecule has 0 spiro atoms. The van der Waals surface area contributed by atoms with Crippen LogP contribution in [0.2, 0.25) is 0 Å². The quantitative estimate of drug-likeness (QED) is 0.870. The molecule has 1 aromatic carbocycles. The van der Waals surface area contributed by atoms with Gasteiger partial charge < -0.3 is 10.2 Å². The fourth-order valence-electron chi connectivity index (χ4n) is 2.82. The van der Waals surface area contributed by atoms with E-state index in [1.165, 1.54) is 0 Å². The van der Waals surface area contributed by atoms with Crippen LogP contribution >= 0.6 is 0 Å². The number of aromatic nitrogens is 2. The van der Waals surface area contributed by atoms with E-state index in [4.69, 9.17) is 0 Å². The first-order valence-corrected chi connectivity index (χ1v) is 8.64. The van der Waals surface area contributed by atoms with Crippen molar-refractivity contribution in [1.82, 2.24) is 19.6 Å². The first-order chi connectivity index (χ1) is 12.5. The number of carbonyl (C=O) groups is 2. The third-order valence-electron chi connectivity index (χ3n) is 4.31. The summed E-state index contributed by atoms with van der Waals surface area (Å²) in [6.45, 7) is 4.82. The summed E-state index contributed by atoms with van der Waals surface area (Å²) < 4.78 is 1.64. The third kappa shape index (κ3) is 4.82. The van der Waals surface area contributed by atoms with Gasteiger partial charge in [0.15, 0.2) is 5.82 Å². The summed E-state index contributed by atoms with van der Waals surface area (Å²) in [6.07, 6.45) is 1.78. The highest BCUT2D eigenvalue weighted by Gasteiger charge is 2.22. The molecule has 8 heteroatoms. The van der Waals surface area contributed by atoms with Gasteiger partial charge in [0.25, 0.3) is 0 Å². The highest BCUT2D eigenvalue weighted by molar-refractivity contribution is 5.92. The molecule has 26 heavy (non-hydrogen) atoms. The lowest BCUT2D eigenvalue weighted by Gasteiger charge is -2.34. The van der Waals surface area contributed by atoms with Gasteiger partial charge in [-0.05, 0) is 19.1 Å². The van der Waals surface area contributed by atoms with Crippen LogP contribution in [0.25, 0.3) is 0 Å². The van der Waals surface area contributed by atoms with Crippen LogP contribution in [-0.2, 0) is 11.8 Å². The van der Waals surface area contributed by atoms with Crippen LogP contribution in [0, 0.1) is 6.92 Å². The minimum atomic E-state index is -0.160. The molecule has 1 aromatic heterocycles. The van der Waals surface area contributed by atoms with E-state index in [2.05, 4.69) is 15.7 Å². The van der Waals surface area contributed by atoms with Crippen molar-refractivity contribution >= 4 is 23.4 Å². The Labute approximate surface area is 152 Å². The molecule has 0 saturated carbocycles. The molecular weight excluding hydrogens is 332 g/mol. The van der Waals surface area contributed by atoms with Gasteiger partial charge in [-0.15, -0.1) is 0 Å². The molecule has 1 aliphatic rings. The molecule has 2 N–H and O–H groups in total. The fourth-order valence-corrected chi connectivity index (χ4v) is 2.82. The number of hydrogen-bond acceptors (Lipinski definition) is 4. The fraction of sp³-hybridized carbons (Fsp3) is 0.389. The zero-order chi connectivity index (χ0) is 18.5. The number of rotatable bonds is 4. The van der Waals surface area contributed by atoms with Crippen LogP contribution in [0.1, 0.15) is 5.56 Å². The standard InChI is InChI=1S/C18H24N6O2/c1-14-3-5-15(6-4-14)19-17(25)13-23-9-11-24(12-10-23)18(26)20-16-7-8-22(2)21-16/h3-8H,9-13H2,1-2H3,(H,19,25)(H,20,21,26). The topological polar surface area (TPSA) is 82.5 Å². The largest absolute Gasteiger partial charge is 0.325 e. The summed E-state index contributed by atoms with van der Waals surface area (Å²) in [6, 6.07) is 9.32. The SMILES string of the molecule is Cc1ccc(NC(=O)CN2CCN(C(=O)Nc3ccn(C)n3)CC2)cc1. The van der Waals surface area contributed by atoms with Gasteiger partial charge in [0.1, 0.15) is 0 Å². The van der Waals surface area contributed by atoms with Crippen LogP contribution in [0.3, 0.4) is 0 Å². The van der Waals surface area contributed by atoms with E-state index in [-0.39, 0.29) is 11.9 Å². The van der Waals surface area contributed by atoms with Crippen LogP contribution in [0.5, 0.6) is 0 Å². The zero-order valence-electron chi connectivity index (χ0n) is 15.1. The number of urea groups is 1. The number of benzene rings is 1. The average Bonchev–Trinajstić information content (AvgIpc) is 3.02. The minimum Gasteiger partial charge on any atom is -0.325 e. The second kappa shape index (κ2) is 8.01. The molecule has 2 aromatic rings. The van der Waals surface area contributed by atoms with Gasteiger partial charge in [0.05, 0.1) is 6.54 Å². The van der Waals surface area contributed by atoms with Gasteiger partial charge in [0, 0.05) is 51.2 Å². The van der Waals surface area contributed by atoms with Gasteiger partial charge in [-0.1, -0.05) is 17.7 Å². The Morgan fingerprint density at radius 3 is 2.35 bits per heavy atom. The maximum atomic E-state index is 12.2. The molecule has 3 amide bonds. The lowest BCUT2D eigenvalue weighted by Crippen LogP contribution is -2.51. The summed E-state index contributed by atoms with van der Waals surface area (Å²) in [4.78, 5) is 28.2. The Bertz CT molecular complexity index is 762. The van der Waals surface area contributed by atoms with E-state index in [1.807, 2.05) is 36.1 Å². The van der Waals surface area contributed by atoms with Crippen molar-refractivity contribution in [2.75, 3.05) is 43.4 Å². The molecule has 0 bridgehead atoms. The van der Waals surface area contributed by atoms with Crippen molar-refractivity contribution in [2.24, 2.45) is 7.05 Å². The van der Waals surface area contributed by atoms with Crippen molar-refractivity contribution in [3.05, 3.63) is 42.1 Å². The number of anilines is 2. The average molecular weight is 356 g/mol. The molecule has 1 aliphatic heterocycles. The summed E-state index contributed by atoms with van der Waals surface area (Å²) in [7, 11) is 1.80. The number of hydrogen-bond donors (Lipinski definition) is 2. The predicted molar refractivity (Wildman–Crippen MR) is 100 cm³/mol. The van der Waals surface area contributed by atoms with Gasteiger partial charge in [-0.25, -0.2) is 4.79 Å². The lowest BCUT2D eigenvalue weighted by molar-refractivity contribution is -0.117. The zero-order valence-corrected chi connectivity index (χ0v) is 15.1. The highest BCUT2D eigenvalue weighted by atomic mass is 16.2. The molecule has 138 valence electrons. The highest BCUT2D eigenvalue weighted by Crippen LogP contribution is 2.10. The third-order valence-corrected chi connectivity index (χ3v) is 4.31. The maximum Gasteiger partial charge on any atom is 0.323 e. The Morgan fingerprint density at radius 1 is 1.04 bits per heavy atom. The summed E-state index contributed by atoms with van der Waals surface area (Å²) in [5.41, 5.74) is 1.96. The first-order valence-electron chi connectivity index (χ1n) is 8.64. The molecule has 0 unspecified atom stereocenters. The van der Waals surface area contributed by atoms with Crippen LogP contribution < -0.4 is 10.6 Å². The molecule has 2 heterocycles. The molecule has 8 nitrogen and oxygen atoms in total. The number of piperazine rings is 1. The number of carbonyl (C=O) groups excluding carboxylic acids is 2. The van der Waals surface area contributed by atoms with Crippen molar-refractivity contribution in [2.45, 2.75) is 6.92 Å². The van der Waals surface area contributed by atoms with Crippen molar-refractivity contribution in [1.29, 1.82) is 0 Å². The molecule has 3 rings (SSSR count). The number of nitrogens with zero attached hydrogens (tertiary/aromatic N) is 4. The van der Waals surface area contributed by atoms with Gasteiger partial charge in [-0.2, -0.15) is 5.10 Å². The Morgan fingerprint density at radius 2 is 1.73 bits per heavy atom. The lowest BCUT2D eigenvalue weighted by atomic mass is 10.2. The summed E-state index contributed by atoms with van der Waals surface area (Å²) in [5, 5.41) is 9.82. The monoisotopic (exact) mass is 356 g/mol. The molecule has 1 saturated heterocycles. The minimum absolute atomic E-state index is 0.0414. The maximum absolute atomic E-state index is 12.2. The van der Waals surface area contributed by atoms with Crippen LogP contribution in [0.4, 0.5) is 16.3 Å². The normalized spacial score (nSPS) is 14.9. The van der Waals surface area contributed by atoms with Crippen molar-refractivity contribution in [3.8, 4) is 0 Å². The van der Waals surface area contributed by atoms with Gasteiger partial charge >= 0.3 is 6.03 Å². The Kier molecular flexibility index (Phi) is 5.52. The Hall–Kier alpha value is -2.87. The van der Waals surface area contributed by atoms with E-state index in [0.717, 1.165) is 11.3 Å². The molecule has 0 radical (unpaired) electrons. The molecular formula is C18H24N6O2. The number of amides is 3.